The summed E-state index contributed by atoms with van der Waals surface area (Å²) in [6, 6.07) is 7.68. The van der Waals surface area contributed by atoms with Crippen molar-refractivity contribution >= 4 is 11.8 Å². The van der Waals surface area contributed by atoms with Gasteiger partial charge in [0.25, 0.3) is 5.91 Å². The van der Waals surface area contributed by atoms with Crippen LogP contribution in [0, 0.1) is 5.21 Å². The lowest BCUT2D eigenvalue weighted by Crippen LogP contribution is -2.36. The van der Waals surface area contributed by atoms with Crippen LogP contribution in [-0.2, 0) is 17.5 Å². The SMILES string of the molecule is O=C1CCN(C(=O)c2cc[n+]([O-])cc2)CCN1Cc1cccc(C(F)(F)F)c1. The van der Waals surface area contributed by atoms with Crippen LogP contribution < -0.4 is 4.73 Å². The predicted molar refractivity (Wildman–Crippen MR) is 92.8 cm³/mol. The maximum Gasteiger partial charge on any atom is 0.416 e. The minimum atomic E-state index is -4.44. The summed E-state index contributed by atoms with van der Waals surface area (Å²) in [6.07, 6.45) is -1.93. The van der Waals surface area contributed by atoms with E-state index in [-0.39, 0.29) is 44.4 Å². The third-order valence-corrected chi connectivity index (χ3v) is 4.55. The lowest BCUT2D eigenvalue weighted by molar-refractivity contribution is -0.605. The smallest absolute Gasteiger partial charge is 0.416 e. The molecule has 0 unspecified atom stereocenters. The maximum absolute atomic E-state index is 12.9. The molecule has 2 aromatic rings. The molecular weight excluding hydrogens is 375 g/mol. The molecule has 2 heterocycles. The number of carbonyl (C=O) groups is 2. The molecule has 148 valence electrons. The summed E-state index contributed by atoms with van der Waals surface area (Å²) < 4.78 is 39.2. The summed E-state index contributed by atoms with van der Waals surface area (Å²) in [5, 5.41) is 11.1. The average Bonchev–Trinajstić information content (AvgIpc) is 2.83. The quantitative estimate of drug-likeness (QED) is 0.593. The Hall–Kier alpha value is -3.10. The number of rotatable bonds is 3. The Morgan fingerprint density at radius 1 is 1.11 bits per heavy atom. The number of aromatic nitrogens is 1. The highest BCUT2D eigenvalue weighted by Crippen LogP contribution is 2.29. The molecule has 3 rings (SSSR count). The van der Waals surface area contributed by atoms with Crippen molar-refractivity contribution in [3.63, 3.8) is 0 Å². The highest BCUT2D eigenvalue weighted by molar-refractivity contribution is 5.94. The molecule has 0 atom stereocenters. The number of benzene rings is 1. The number of hydrogen-bond acceptors (Lipinski definition) is 3. The molecule has 1 fully saturated rings. The van der Waals surface area contributed by atoms with E-state index in [2.05, 4.69) is 0 Å². The van der Waals surface area contributed by atoms with Crippen molar-refractivity contribution in [3.05, 3.63) is 70.7 Å². The Morgan fingerprint density at radius 2 is 1.82 bits per heavy atom. The Bertz CT molecular complexity index is 869. The summed E-state index contributed by atoms with van der Waals surface area (Å²) in [5.41, 5.74) is -0.0411. The van der Waals surface area contributed by atoms with E-state index in [0.29, 0.717) is 15.9 Å². The first-order valence-electron chi connectivity index (χ1n) is 8.66. The van der Waals surface area contributed by atoms with E-state index >= 15 is 0 Å². The minimum absolute atomic E-state index is 0.0479. The Labute approximate surface area is 159 Å². The Kier molecular flexibility index (Phi) is 5.53. The van der Waals surface area contributed by atoms with Crippen molar-refractivity contribution in [3.8, 4) is 0 Å². The number of amides is 2. The van der Waals surface area contributed by atoms with Crippen LogP contribution in [0.25, 0.3) is 0 Å². The van der Waals surface area contributed by atoms with Gasteiger partial charge >= 0.3 is 6.18 Å². The highest BCUT2D eigenvalue weighted by atomic mass is 19.4. The van der Waals surface area contributed by atoms with Gasteiger partial charge in [-0.15, -0.1) is 0 Å². The summed E-state index contributed by atoms with van der Waals surface area (Å²) >= 11 is 0. The number of nitrogens with zero attached hydrogens (tertiary/aromatic N) is 3. The van der Waals surface area contributed by atoms with Gasteiger partial charge in [0.2, 0.25) is 5.91 Å². The van der Waals surface area contributed by atoms with E-state index in [1.165, 1.54) is 40.4 Å². The van der Waals surface area contributed by atoms with E-state index < -0.39 is 11.7 Å². The van der Waals surface area contributed by atoms with Gasteiger partial charge in [0.15, 0.2) is 12.4 Å². The van der Waals surface area contributed by atoms with E-state index in [1.807, 2.05) is 0 Å². The van der Waals surface area contributed by atoms with E-state index in [0.717, 1.165) is 12.1 Å². The molecule has 0 radical (unpaired) electrons. The first-order valence-corrected chi connectivity index (χ1v) is 8.66. The molecule has 0 bridgehead atoms. The number of hydrogen-bond donors (Lipinski definition) is 0. The second kappa shape index (κ2) is 7.87. The fourth-order valence-electron chi connectivity index (χ4n) is 3.04. The van der Waals surface area contributed by atoms with Crippen LogP contribution in [0.3, 0.4) is 0 Å². The second-order valence-corrected chi connectivity index (χ2v) is 6.50. The molecule has 9 heteroatoms. The van der Waals surface area contributed by atoms with Gasteiger partial charge in [-0.2, -0.15) is 17.9 Å². The summed E-state index contributed by atoms with van der Waals surface area (Å²) in [5.74, 6) is -0.521. The van der Waals surface area contributed by atoms with Gasteiger partial charge in [-0.25, -0.2) is 0 Å². The van der Waals surface area contributed by atoms with Crippen molar-refractivity contribution < 1.29 is 27.5 Å². The second-order valence-electron chi connectivity index (χ2n) is 6.50. The van der Waals surface area contributed by atoms with E-state index in [9.17, 15) is 28.0 Å². The normalized spacial score (nSPS) is 15.5. The minimum Gasteiger partial charge on any atom is -0.619 e. The van der Waals surface area contributed by atoms with E-state index in [4.69, 9.17) is 0 Å². The molecule has 0 saturated carbocycles. The fourth-order valence-corrected chi connectivity index (χ4v) is 3.04. The zero-order valence-electron chi connectivity index (χ0n) is 14.9. The van der Waals surface area contributed by atoms with Gasteiger partial charge in [-0.05, 0) is 17.7 Å². The highest BCUT2D eigenvalue weighted by Gasteiger charge is 2.31. The van der Waals surface area contributed by atoms with Gasteiger partial charge in [-0.3, -0.25) is 9.59 Å². The number of pyridine rings is 1. The zero-order chi connectivity index (χ0) is 20.3. The molecule has 0 spiro atoms. The molecule has 1 aliphatic heterocycles. The molecule has 1 saturated heterocycles. The standard InChI is InChI=1S/C19H18F3N3O3/c20-19(21,22)16-3-1-2-14(12-16)13-24-11-10-23(7-6-17(24)26)18(27)15-4-8-25(28)9-5-15/h1-5,8-9,12H,6-7,10-11,13H2. The number of alkyl halides is 3. The molecule has 6 nitrogen and oxygen atoms in total. The van der Waals surface area contributed by atoms with Crippen molar-refractivity contribution in [2.75, 3.05) is 19.6 Å². The molecule has 2 amide bonds. The molecule has 0 N–H and O–H groups in total. The van der Waals surface area contributed by atoms with Crippen LogP contribution in [0.4, 0.5) is 13.2 Å². The van der Waals surface area contributed by atoms with Crippen molar-refractivity contribution in [2.45, 2.75) is 19.1 Å². The predicted octanol–water partition coefficient (Wildman–Crippen LogP) is 2.21. The zero-order valence-corrected chi connectivity index (χ0v) is 14.9. The van der Waals surface area contributed by atoms with Gasteiger partial charge < -0.3 is 15.0 Å². The third-order valence-electron chi connectivity index (χ3n) is 4.55. The first kappa shape index (κ1) is 19.7. The largest absolute Gasteiger partial charge is 0.619 e. The van der Waals surface area contributed by atoms with Crippen LogP contribution in [0.5, 0.6) is 0 Å². The van der Waals surface area contributed by atoms with Crippen molar-refractivity contribution in [1.82, 2.24) is 9.80 Å². The Morgan fingerprint density at radius 3 is 2.50 bits per heavy atom. The van der Waals surface area contributed by atoms with Crippen LogP contribution in [-0.4, -0.2) is 41.2 Å². The summed E-state index contributed by atoms with van der Waals surface area (Å²) in [6.45, 7) is 0.736. The number of carbonyl (C=O) groups excluding carboxylic acids is 2. The Balaban J connectivity index is 1.68. The average molecular weight is 393 g/mol. The third kappa shape index (κ3) is 4.59. The molecule has 28 heavy (non-hydrogen) atoms. The van der Waals surface area contributed by atoms with Crippen LogP contribution in [0.1, 0.15) is 27.9 Å². The number of halogens is 3. The van der Waals surface area contributed by atoms with Crippen LogP contribution in [0.15, 0.2) is 48.8 Å². The van der Waals surface area contributed by atoms with E-state index in [1.54, 1.807) is 6.07 Å². The van der Waals surface area contributed by atoms with Crippen molar-refractivity contribution in [1.29, 1.82) is 0 Å². The molecule has 0 aliphatic carbocycles. The van der Waals surface area contributed by atoms with Crippen molar-refractivity contribution in [2.24, 2.45) is 0 Å². The fraction of sp³-hybridized carbons (Fsp3) is 0.316. The monoisotopic (exact) mass is 393 g/mol. The van der Waals surface area contributed by atoms with Gasteiger partial charge in [-0.1, -0.05) is 12.1 Å². The molecule has 1 aromatic heterocycles. The molecular formula is C19H18F3N3O3. The van der Waals surface area contributed by atoms with Gasteiger partial charge in [0, 0.05) is 44.7 Å². The molecule has 1 aromatic carbocycles. The van der Waals surface area contributed by atoms with Gasteiger partial charge in [0.1, 0.15) is 0 Å². The van der Waals surface area contributed by atoms with Crippen LogP contribution >= 0.6 is 0 Å². The van der Waals surface area contributed by atoms with Gasteiger partial charge in [0.05, 0.1) is 11.1 Å². The topological polar surface area (TPSA) is 67.6 Å². The first-order chi connectivity index (χ1) is 13.2. The lowest BCUT2D eigenvalue weighted by atomic mass is 10.1. The summed E-state index contributed by atoms with van der Waals surface area (Å²) in [7, 11) is 0. The molecule has 1 aliphatic rings. The maximum atomic E-state index is 12.9. The van der Waals surface area contributed by atoms with Crippen LogP contribution in [0.2, 0.25) is 0 Å². The lowest BCUT2D eigenvalue weighted by Gasteiger charge is -2.22. The summed E-state index contributed by atoms with van der Waals surface area (Å²) in [4.78, 5) is 27.9.